The Labute approximate surface area is 128 Å². The second-order valence-electron chi connectivity index (χ2n) is 5.24. The predicted molar refractivity (Wildman–Crippen MR) is 82.9 cm³/mol. The van der Waals surface area contributed by atoms with Crippen LogP contribution in [0.25, 0.3) is 5.70 Å². The van der Waals surface area contributed by atoms with Gasteiger partial charge in [0.05, 0.1) is 6.42 Å². The molecule has 4 heteroatoms. The van der Waals surface area contributed by atoms with Gasteiger partial charge in [0.15, 0.2) is 5.78 Å². The molecule has 0 spiro atoms. The molecular weight excluding hydrogens is 278 g/mol. The molecule has 0 fully saturated rings. The maximum atomic E-state index is 12.2. The van der Waals surface area contributed by atoms with E-state index in [1.807, 2.05) is 30.3 Å². The Morgan fingerprint density at radius 2 is 1.59 bits per heavy atom. The highest BCUT2D eigenvalue weighted by Crippen LogP contribution is 2.26. The van der Waals surface area contributed by atoms with Crippen molar-refractivity contribution in [2.24, 2.45) is 0 Å². The van der Waals surface area contributed by atoms with Gasteiger partial charge in [-0.3, -0.25) is 9.59 Å². The number of nitrogens with one attached hydrogen (secondary N) is 1. The molecule has 0 aromatic heterocycles. The standard InChI is InChI=1S/C18H15NO3/c20-16(14-9-5-2-6-10-14)12-18(22)17(21)11-15(19-18)13-7-3-1-4-8-13/h1-11,19,22H,12H2. The average Bonchev–Trinajstić information content (AvgIpc) is 2.84. The molecule has 1 unspecified atom stereocenters. The normalized spacial score (nSPS) is 20.4. The molecule has 0 bridgehead atoms. The maximum absolute atomic E-state index is 12.2. The second kappa shape index (κ2) is 5.58. The summed E-state index contributed by atoms with van der Waals surface area (Å²) >= 11 is 0. The van der Waals surface area contributed by atoms with Crippen LogP contribution in [0.4, 0.5) is 0 Å². The molecule has 110 valence electrons. The van der Waals surface area contributed by atoms with E-state index in [0.29, 0.717) is 11.3 Å². The Balaban J connectivity index is 1.78. The van der Waals surface area contributed by atoms with Crippen molar-refractivity contribution >= 4 is 17.3 Å². The number of rotatable bonds is 4. The van der Waals surface area contributed by atoms with Crippen LogP contribution in [0.2, 0.25) is 0 Å². The largest absolute Gasteiger partial charge is 0.364 e. The molecule has 1 aliphatic rings. The number of aliphatic hydroxyl groups is 1. The van der Waals surface area contributed by atoms with E-state index < -0.39 is 11.5 Å². The molecule has 2 aromatic carbocycles. The first-order valence-corrected chi connectivity index (χ1v) is 6.99. The van der Waals surface area contributed by atoms with E-state index in [0.717, 1.165) is 5.56 Å². The van der Waals surface area contributed by atoms with Crippen molar-refractivity contribution in [2.45, 2.75) is 12.1 Å². The first-order chi connectivity index (χ1) is 10.6. The highest BCUT2D eigenvalue weighted by atomic mass is 16.3. The Kier molecular flexibility index (Phi) is 3.61. The monoisotopic (exact) mass is 293 g/mol. The Morgan fingerprint density at radius 3 is 2.23 bits per heavy atom. The fourth-order valence-electron chi connectivity index (χ4n) is 2.43. The highest BCUT2D eigenvalue weighted by molar-refractivity contribution is 6.10. The van der Waals surface area contributed by atoms with Gasteiger partial charge < -0.3 is 10.4 Å². The van der Waals surface area contributed by atoms with Crippen LogP contribution in [0.3, 0.4) is 0 Å². The number of carbonyl (C=O) groups is 2. The lowest BCUT2D eigenvalue weighted by Crippen LogP contribution is -2.47. The van der Waals surface area contributed by atoms with E-state index in [9.17, 15) is 14.7 Å². The van der Waals surface area contributed by atoms with Crippen molar-refractivity contribution in [3.05, 3.63) is 77.9 Å². The number of Topliss-reactive ketones (excluding diaryl/α,β-unsaturated/α-hetero) is 1. The number of hydrogen-bond donors (Lipinski definition) is 2. The molecule has 0 saturated heterocycles. The minimum atomic E-state index is -1.88. The molecule has 0 radical (unpaired) electrons. The van der Waals surface area contributed by atoms with Crippen LogP contribution in [0.5, 0.6) is 0 Å². The number of benzene rings is 2. The Morgan fingerprint density at radius 1 is 1.00 bits per heavy atom. The van der Waals surface area contributed by atoms with Gasteiger partial charge in [-0.1, -0.05) is 60.7 Å². The third-order valence-corrected chi connectivity index (χ3v) is 3.62. The molecule has 4 nitrogen and oxygen atoms in total. The molecule has 1 heterocycles. The Hall–Kier alpha value is -2.72. The maximum Gasteiger partial charge on any atom is 0.210 e. The SMILES string of the molecule is O=C(CC1(O)NC(c2ccccc2)=CC1=O)c1ccccc1. The van der Waals surface area contributed by atoms with E-state index in [1.165, 1.54) is 6.08 Å². The molecule has 0 amide bonds. The summed E-state index contributed by atoms with van der Waals surface area (Å²) in [7, 11) is 0. The van der Waals surface area contributed by atoms with E-state index in [-0.39, 0.29) is 12.2 Å². The molecule has 3 rings (SSSR count). The van der Waals surface area contributed by atoms with E-state index in [2.05, 4.69) is 5.32 Å². The summed E-state index contributed by atoms with van der Waals surface area (Å²) in [6.07, 6.45) is 1.04. The van der Waals surface area contributed by atoms with Gasteiger partial charge in [-0.2, -0.15) is 0 Å². The van der Waals surface area contributed by atoms with Gasteiger partial charge in [-0.15, -0.1) is 0 Å². The molecule has 1 aliphatic heterocycles. The summed E-state index contributed by atoms with van der Waals surface area (Å²) in [5, 5.41) is 13.3. The van der Waals surface area contributed by atoms with Gasteiger partial charge in [-0.25, -0.2) is 0 Å². The van der Waals surface area contributed by atoms with Crippen LogP contribution in [-0.2, 0) is 4.79 Å². The Bertz CT molecular complexity index is 737. The van der Waals surface area contributed by atoms with Gasteiger partial charge in [0.2, 0.25) is 11.5 Å². The van der Waals surface area contributed by atoms with Crippen molar-refractivity contribution in [3.8, 4) is 0 Å². The minimum absolute atomic E-state index is 0.285. The quantitative estimate of drug-likeness (QED) is 0.848. The van der Waals surface area contributed by atoms with Gasteiger partial charge in [0, 0.05) is 17.3 Å². The summed E-state index contributed by atoms with van der Waals surface area (Å²) in [5.41, 5.74) is -0.0930. The van der Waals surface area contributed by atoms with Gasteiger partial charge in [-0.05, 0) is 5.56 Å². The average molecular weight is 293 g/mol. The fraction of sp³-hybridized carbons (Fsp3) is 0.111. The van der Waals surface area contributed by atoms with E-state index in [4.69, 9.17) is 0 Å². The molecule has 0 aliphatic carbocycles. The van der Waals surface area contributed by atoms with Crippen molar-refractivity contribution < 1.29 is 14.7 Å². The lowest BCUT2D eigenvalue weighted by Gasteiger charge is -2.22. The van der Waals surface area contributed by atoms with Gasteiger partial charge in [0.25, 0.3) is 0 Å². The van der Waals surface area contributed by atoms with Crippen LogP contribution < -0.4 is 5.32 Å². The summed E-state index contributed by atoms with van der Waals surface area (Å²) in [6.45, 7) is 0. The first kappa shape index (κ1) is 14.2. The number of hydrogen-bond acceptors (Lipinski definition) is 4. The first-order valence-electron chi connectivity index (χ1n) is 6.99. The summed E-state index contributed by atoms with van der Waals surface area (Å²) in [4.78, 5) is 24.3. The van der Waals surface area contributed by atoms with Gasteiger partial charge >= 0.3 is 0 Å². The summed E-state index contributed by atoms with van der Waals surface area (Å²) in [6, 6.07) is 17.8. The zero-order chi connectivity index (χ0) is 15.6. The lowest BCUT2D eigenvalue weighted by molar-refractivity contribution is -0.132. The highest BCUT2D eigenvalue weighted by Gasteiger charge is 2.42. The van der Waals surface area contributed by atoms with Crippen molar-refractivity contribution in [1.29, 1.82) is 0 Å². The zero-order valence-corrected chi connectivity index (χ0v) is 11.8. The molecular formula is C18H15NO3. The van der Waals surface area contributed by atoms with Crippen LogP contribution in [0, 0.1) is 0 Å². The summed E-state index contributed by atoms with van der Waals surface area (Å²) < 4.78 is 0. The fourth-order valence-corrected chi connectivity index (χ4v) is 2.43. The summed E-state index contributed by atoms with van der Waals surface area (Å²) in [5.74, 6) is -0.790. The van der Waals surface area contributed by atoms with Crippen LogP contribution in [0.1, 0.15) is 22.3 Å². The van der Waals surface area contributed by atoms with Crippen molar-refractivity contribution in [2.75, 3.05) is 0 Å². The van der Waals surface area contributed by atoms with E-state index >= 15 is 0 Å². The lowest BCUT2D eigenvalue weighted by atomic mass is 9.99. The van der Waals surface area contributed by atoms with Crippen molar-refractivity contribution in [1.82, 2.24) is 5.32 Å². The third kappa shape index (κ3) is 2.69. The molecule has 0 saturated carbocycles. The topological polar surface area (TPSA) is 66.4 Å². The van der Waals surface area contributed by atoms with Gasteiger partial charge in [0.1, 0.15) is 0 Å². The second-order valence-corrected chi connectivity index (χ2v) is 5.24. The van der Waals surface area contributed by atoms with E-state index in [1.54, 1.807) is 30.3 Å². The smallest absolute Gasteiger partial charge is 0.210 e. The third-order valence-electron chi connectivity index (χ3n) is 3.62. The van der Waals surface area contributed by atoms with Crippen LogP contribution in [-0.4, -0.2) is 22.4 Å². The molecule has 1 atom stereocenters. The van der Waals surface area contributed by atoms with Crippen LogP contribution >= 0.6 is 0 Å². The molecule has 22 heavy (non-hydrogen) atoms. The molecule has 2 aromatic rings. The minimum Gasteiger partial charge on any atom is -0.364 e. The predicted octanol–water partition coefficient (Wildman–Crippen LogP) is 2.16. The number of carbonyl (C=O) groups excluding carboxylic acids is 2. The van der Waals surface area contributed by atoms with Crippen molar-refractivity contribution in [3.63, 3.8) is 0 Å². The van der Waals surface area contributed by atoms with Crippen LogP contribution in [0.15, 0.2) is 66.7 Å². The molecule has 2 N–H and O–H groups in total. The number of ketones is 2. The zero-order valence-electron chi connectivity index (χ0n) is 11.8.